The molecular weight excluding hydrogens is 340 g/mol. The summed E-state index contributed by atoms with van der Waals surface area (Å²) in [5.41, 5.74) is 0.903. The van der Waals surface area contributed by atoms with E-state index in [9.17, 15) is 4.79 Å². The van der Waals surface area contributed by atoms with E-state index >= 15 is 0 Å². The zero-order valence-electron chi connectivity index (χ0n) is 8.32. The molecule has 1 aromatic carbocycles. The van der Waals surface area contributed by atoms with Gasteiger partial charge in [-0.3, -0.25) is 4.79 Å². The van der Waals surface area contributed by atoms with Crippen molar-refractivity contribution in [2.45, 2.75) is 12.5 Å². The van der Waals surface area contributed by atoms with Gasteiger partial charge in [-0.05, 0) is 56.0 Å². The van der Waals surface area contributed by atoms with Crippen molar-refractivity contribution >= 4 is 37.8 Å². The minimum Gasteiger partial charge on any atom is -0.481 e. The minimum atomic E-state index is -0.790. The summed E-state index contributed by atoms with van der Waals surface area (Å²) in [6, 6.07) is 5.68. The third-order valence-electron chi connectivity index (χ3n) is 2.68. The highest BCUT2D eigenvalue weighted by atomic mass is 79.9. The fourth-order valence-corrected chi connectivity index (χ4v) is 2.50. The second-order valence-electron chi connectivity index (χ2n) is 3.70. The predicted octanol–water partition coefficient (Wildman–Crippen LogP) is 3.37. The number of benzene rings is 1. The molecule has 1 saturated heterocycles. The third kappa shape index (κ3) is 2.31. The van der Waals surface area contributed by atoms with Gasteiger partial charge in [-0.2, -0.15) is 0 Å². The number of hydrogen-bond donors (Lipinski definition) is 1. The number of aliphatic carboxylic acids is 1. The lowest BCUT2D eigenvalue weighted by Gasteiger charge is -2.15. The molecule has 1 aliphatic heterocycles. The van der Waals surface area contributed by atoms with Gasteiger partial charge < -0.3 is 9.84 Å². The van der Waals surface area contributed by atoms with Crippen LogP contribution >= 0.6 is 31.9 Å². The zero-order valence-corrected chi connectivity index (χ0v) is 11.5. The van der Waals surface area contributed by atoms with Gasteiger partial charge in [-0.15, -0.1) is 0 Å². The summed E-state index contributed by atoms with van der Waals surface area (Å²) in [5.74, 6) is -1.23. The molecule has 0 spiro atoms. The summed E-state index contributed by atoms with van der Waals surface area (Å²) in [4.78, 5) is 11.0. The fourth-order valence-electron chi connectivity index (χ4n) is 1.86. The molecular formula is C11H10Br2O3. The largest absolute Gasteiger partial charge is 0.481 e. The van der Waals surface area contributed by atoms with Crippen molar-refractivity contribution in [3.05, 3.63) is 32.7 Å². The minimum absolute atomic E-state index is 0.332. The monoisotopic (exact) mass is 348 g/mol. The van der Waals surface area contributed by atoms with Gasteiger partial charge in [-0.1, -0.05) is 6.07 Å². The molecule has 0 saturated carbocycles. The first-order valence-corrected chi connectivity index (χ1v) is 6.47. The van der Waals surface area contributed by atoms with Crippen molar-refractivity contribution < 1.29 is 14.6 Å². The Labute approximate surface area is 110 Å². The highest BCUT2D eigenvalue weighted by molar-refractivity contribution is 9.13. The molecule has 5 heteroatoms. The average Bonchev–Trinajstić information content (AvgIpc) is 2.71. The van der Waals surface area contributed by atoms with E-state index in [4.69, 9.17) is 9.84 Å². The third-order valence-corrected chi connectivity index (χ3v) is 4.56. The van der Waals surface area contributed by atoms with E-state index in [2.05, 4.69) is 31.9 Å². The van der Waals surface area contributed by atoms with Crippen molar-refractivity contribution in [2.24, 2.45) is 5.92 Å². The Morgan fingerprint density at radius 3 is 2.75 bits per heavy atom. The maximum absolute atomic E-state index is 11.0. The SMILES string of the molecule is O=C(O)C1CCOC1c1ccc(Br)c(Br)c1. The standard InChI is InChI=1S/C11H10Br2O3/c12-8-2-1-6(5-9(8)13)10-7(11(14)15)3-4-16-10/h1-2,5,7,10H,3-4H2,(H,14,15). The Balaban J connectivity index is 2.29. The number of rotatable bonds is 2. The maximum Gasteiger partial charge on any atom is 0.309 e. The molecule has 2 unspecified atom stereocenters. The van der Waals surface area contributed by atoms with E-state index in [1.165, 1.54) is 0 Å². The molecule has 16 heavy (non-hydrogen) atoms. The first-order valence-electron chi connectivity index (χ1n) is 4.89. The van der Waals surface area contributed by atoms with Crippen molar-refractivity contribution in [1.82, 2.24) is 0 Å². The van der Waals surface area contributed by atoms with Gasteiger partial charge in [0.25, 0.3) is 0 Å². The topological polar surface area (TPSA) is 46.5 Å². The lowest BCUT2D eigenvalue weighted by Crippen LogP contribution is -2.17. The van der Waals surface area contributed by atoms with Gasteiger partial charge in [0, 0.05) is 15.6 Å². The molecule has 0 aromatic heterocycles. The second-order valence-corrected chi connectivity index (χ2v) is 5.41. The smallest absolute Gasteiger partial charge is 0.309 e. The molecule has 1 aromatic rings. The van der Waals surface area contributed by atoms with Crippen LogP contribution in [0.4, 0.5) is 0 Å². The Morgan fingerprint density at radius 2 is 2.12 bits per heavy atom. The van der Waals surface area contributed by atoms with Gasteiger partial charge in [0.05, 0.1) is 12.0 Å². The predicted molar refractivity (Wildman–Crippen MR) is 66.3 cm³/mol. The van der Waals surface area contributed by atoms with Crippen LogP contribution in [0, 0.1) is 5.92 Å². The molecule has 1 fully saturated rings. The van der Waals surface area contributed by atoms with Gasteiger partial charge in [-0.25, -0.2) is 0 Å². The number of ether oxygens (including phenoxy) is 1. The summed E-state index contributed by atoms with van der Waals surface area (Å²) < 4.78 is 7.34. The summed E-state index contributed by atoms with van der Waals surface area (Å²) in [6.07, 6.45) is 0.245. The van der Waals surface area contributed by atoms with Gasteiger partial charge in [0.1, 0.15) is 0 Å². The van der Waals surface area contributed by atoms with E-state index in [0.717, 1.165) is 14.5 Å². The van der Waals surface area contributed by atoms with E-state index < -0.39 is 11.9 Å². The molecule has 86 valence electrons. The highest BCUT2D eigenvalue weighted by Gasteiger charge is 2.35. The number of carboxylic acids is 1. The maximum atomic E-state index is 11.0. The lowest BCUT2D eigenvalue weighted by atomic mass is 9.96. The molecule has 2 atom stereocenters. The van der Waals surface area contributed by atoms with Crippen LogP contribution in [0.15, 0.2) is 27.1 Å². The van der Waals surface area contributed by atoms with Crippen molar-refractivity contribution in [1.29, 1.82) is 0 Å². The van der Waals surface area contributed by atoms with Crippen molar-refractivity contribution in [3.63, 3.8) is 0 Å². The van der Waals surface area contributed by atoms with Crippen LogP contribution in [0.5, 0.6) is 0 Å². The van der Waals surface area contributed by atoms with Gasteiger partial charge >= 0.3 is 5.97 Å². The van der Waals surface area contributed by atoms with Crippen LogP contribution in [-0.4, -0.2) is 17.7 Å². The number of carboxylic acid groups (broad SMARTS) is 1. The summed E-state index contributed by atoms with van der Waals surface area (Å²) in [7, 11) is 0. The molecule has 0 aliphatic carbocycles. The Morgan fingerprint density at radius 1 is 1.38 bits per heavy atom. The first-order chi connectivity index (χ1) is 7.59. The van der Waals surface area contributed by atoms with Crippen LogP contribution in [0.3, 0.4) is 0 Å². The van der Waals surface area contributed by atoms with Crippen LogP contribution in [0.25, 0.3) is 0 Å². The summed E-state index contributed by atoms with van der Waals surface area (Å²) in [5, 5.41) is 9.07. The summed E-state index contributed by atoms with van der Waals surface area (Å²) in [6.45, 7) is 0.509. The molecule has 3 nitrogen and oxygen atoms in total. The lowest BCUT2D eigenvalue weighted by molar-refractivity contribution is -0.143. The van der Waals surface area contributed by atoms with E-state index in [1.54, 1.807) is 0 Å². The van der Waals surface area contributed by atoms with Gasteiger partial charge in [0.2, 0.25) is 0 Å². The molecule has 0 bridgehead atoms. The van der Waals surface area contributed by atoms with E-state index in [0.29, 0.717) is 13.0 Å². The first kappa shape index (κ1) is 12.1. The molecule has 1 N–H and O–H groups in total. The molecule has 1 heterocycles. The Bertz CT molecular complexity index is 420. The van der Waals surface area contributed by atoms with E-state index in [-0.39, 0.29) is 6.10 Å². The Hall–Kier alpha value is -0.390. The van der Waals surface area contributed by atoms with Crippen molar-refractivity contribution in [2.75, 3.05) is 6.61 Å². The summed E-state index contributed by atoms with van der Waals surface area (Å²) >= 11 is 6.78. The number of hydrogen-bond acceptors (Lipinski definition) is 2. The molecule has 1 aliphatic rings. The van der Waals surface area contributed by atoms with Gasteiger partial charge in [0.15, 0.2) is 0 Å². The van der Waals surface area contributed by atoms with Crippen LogP contribution in [0.2, 0.25) is 0 Å². The molecule has 0 amide bonds. The number of carbonyl (C=O) groups is 1. The quantitative estimate of drug-likeness (QED) is 0.890. The van der Waals surface area contributed by atoms with E-state index in [1.807, 2.05) is 18.2 Å². The fraction of sp³-hybridized carbons (Fsp3) is 0.364. The molecule has 2 rings (SSSR count). The highest BCUT2D eigenvalue weighted by Crippen LogP contribution is 2.37. The van der Waals surface area contributed by atoms with Crippen molar-refractivity contribution in [3.8, 4) is 0 Å². The second kappa shape index (κ2) is 4.85. The average molecular weight is 350 g/mol. The number of halogens is 2. The van der Waals surface area contributed by atoms with Crippen LogP contribution < -0.4 is 0 Å². The zero-order chi connectivity index (χ0) is 11.7. The normalized spacial score (nSPS) is 24.6. The Kier molecular flexibility index (Phi) is 3.66. The molecule has 0 radical (unpaired) electrons. The van der Waals surface area contributed by atoms with Crippen LogP contribution in [-0.2, 0) is 9.53 Å². The van der Waals surface area contributed by atoms with Crippen LogP contribution in [0.1, 0.15) is 18.1 Å².